The van der Waals surface area contributed by atoms with E-state index in [-0.39, 0.29) is 11.8 Å². The average molecular weight is 500 g/mol. The van der Waals surface area contributed by atoms with Gasteiger partial charge in [0.1, 0.15) is 23.1 Å². The van der Waals surface area contributed by atoms with Gasteiger partial charge < -0.3 is 23.7 Å². The summed E-state index contributed by atoms with van der Waals surface area (Å²) < 4.78 is 19.0. The summed E-state index contributed by atoms with van der Waals surface area (Å²) in [6.07, 6.45) is 2.31. The zero-order chi connectivity index (χ0) is 25.6. The lowest BCUT2D eigenvalue weighted by atomic mass is 10.1. The quantitative estimate of drug-likeness (QED) is 0.243. The molecule has 3 aromatic carbocycles. The van der Waals surface area contributed by atoms with Gasteiger partial charge in [-0.2, -0.15) is 0 Å². The molecule has 1 amide bonds. The first-order chi connectivity index (χ1) is 18.2. The predicted octanol–water partition coefficient (Wildman–Crippen LogP) is 5.82. The van der Waals surface area contributed by atoms with Crippen molar-refractivity contribution in [3.05, 3.63) is 78.6 Å². The molecule has 0 aliphatic carbocycles. The van der Waals surface area contributed by atoms with Crippen LogP contribution in [0.3, 0.4) is 0 Å². The number of rotatable bonds is 11. The lowest BCUT2D eigenvalue weighted by molar-refractivity contribution is -0.117. The van der Waals surface area contributed by atoms with Crippen LogP contribution in [0.1, 0.15) is 37.9 Å². The first kappa shape index (κ1) is 24.7. The van der Waals surface area contributed by atoms with Crippen LogP contribution in [0.25, 0.3) is 11.0 Å². The Hall–Kier alpha value is -4.00. The highest BCUT2D eigenvalue weighted by molar-refractivity contribution is 5.96. The van der Waals surface area contributed by atoms with Crippen LogP contribution in [0.15, 0.2) is 72.8 Å². The Balaban J connectivity index is 1.26. The van der Waals surface area contributed by atoms with Crippen molar-refractivity contribution in [3.8, 4) is 17.2 Å². The van der Waals surface area contributed by atoms with E-state index in [1.807, 2.05) is 78.6 Å². The van der Waals surface area contributed by atoms with Gasteiger partial charge in [0.05, 0.1) is 31.4 Å². The molecule has 0 saturated carbocycles. The second kappa shape index (κ2) is 11.4. The number of nitrogens with zero attached hydrogens (tertiary/aromatic N) is 3. The predicted molar refractivity (Wildman–Crippen MR) is 145 cm³/mol. The molecule has 7 nitrogen and oxygen atoms in total. The Kier molecular flexibility index (Phi) is 7.59. The summed E-state index contributed by atoms with van der Waals surface area (Å²) in [4.78, 5) is 19.9. The summed E-state index contributed by atoms with van der Waals surface area (Å²) in [7, 11) is 1.65. The molecule has 0 N–H and O–H groups in total. The van der Waals surface area contributed by atoms with Crippen molar-refractivity contribution < 1.29 is 19.0 Å². The molecule has 7 heteroatoms. The highest BCUT2D eigenvalue weighted by Crippen LogP contribution is 2.34. The van der Waals surface area contributed by atoms with E-state index in [9.17, 15) is 4.79 Å². The van der Waals surface area contributed by atoms with E-state index in [1.165, 1.54) is 0 Å². The molecule has 1 aliphatic rings. The molecular formula is C30H33N3O4. The van der Waals surface area contributed by atoms with Crippen molar-refractivity contribution in [1.29, 1.82) is 0 Å². The smallest absolute Gasteiger partial charge is 0.227 e. The van der Waals surface area contributed by atoms with E-state index in [2.05, 4.69) is 10.6 Å². The largest absolute Gasteiger partial charge is 0.497 e. The molecule has 4 aromatic rings. The molecule has 1 saturated heterocycles. The first-order valence-electron chi connectivity index (χ1n) is 12.9. The van der Waals surface area contributed by atoms with E-state index < -0.39 is 0 Å². The van der Waals surface area contributed by atoms with Crippen LogP contribution in [0.5, 0.6) is 17.2 Å². The zero-order valence-electron chi connectivity index (χ0n) is 21.4. The molecular weight excluding hydrogens is 466 g/mol. The molecule has 37 heavy (non-hydrogen) atoms. The number of ether oxygens (including phenoxy) is 3. The molecule has 1 atom stereocenters. The second-order valence-corrected chi connectivity index (χ2v) is 9.18. The van der Waals surface area contributed by atoms with Crippen LogP contribution in [0, 0.1) is 0 Å². The topological polar surface area (TPSA) is 65.8 Å². The van der Waals surface area contributed by atoms with Crippen molar-refractivity contribution in [3.63, 3.8) is 0 Å². The number of methoxy groups -OCH3 is 1. The van der Waals surface area contributed by atoms with Crippen molar-refractivity contribution in [2.45, 2.75) is 38.6 Å². The monoisotopic (exact) mass is 499 g/mol. The number of para-hydroxylation sites is 2. The van der Waals surface area contributed by atoms with E-state index >= 15 is 0 Å². The van der Waals surface area contributed by atoms with Crippen molar-refractivity contribution >= 4 is 22.6 Å². The van der Waals surface area contributed by atoms with Crippen LogP contribution < -0.4 is 19.1 Å². The van der Waals surface area contributed by atoms with E-state index in [4.69, 9.17) is 19.2 Å². The number of aryl methyl sites for hydroxylation is 1. The molecule has 0 radical (unpaired) electrons. The van der Waals surface area contributed by atoms with Gasteiger partial charge in [-0.25, -0.2) is 4.98 Å². The molecule has 0 spiro atoms. The van der Waals surface area contributed by atoms with Crippen LogP contribution in [-0.4, -0.2) is 42.3 Å². The third kappa shape index (κ3) is 5.56. The third-order valence-corrected chi connectivity index (χ3v) is 6.72. The molecule has 5 rings (SSSR count). The molecule has 1 unspecified atom stereocenters. The van der Waals surface area contributed by atoms with Crippen molar-refractivity contribution in [2.75, 3.05) is 31.8 Å². The highest BCUT2D eigenvalue weighted by atomic mass is 16.5. The third-order valence-electron chi connectivity index (χ3n) is 6.72. The lowest BCUT2D eigenvalue weighted by Gasteiger charge is -2.18. The van der Waals surface area contributed by atoms with Crippen LogP contribution in [0.4, 0.5) is 5.69 Å². The summed E-state index contributed by atoms with van der Waals surface area (Å²) in [6.45, 7) is 4.65. The SMILES string of the molecule is CCOc1ccc(N2CC(c3nc4ccccc4n3CCCCOc3cccc(OC)c3)CC2=O)cc1. The summed E-state index contributed by atoms with van der Waals surface area (Å²) >= 11 is 0. The zero-order valence-corrected chi connectivity index (χ0v) is 21.4. The van der Waals surface area contributed by atoms with Gasteiger partial charge in [0.15, 0.2) is 0 Å². The van der Waals surface area contributed by atoms with Crippen LogP contribution in [-0.2, 0) is 11.3 Å². The number of unbranched alkanes of at least 4 members (excludes halogenated alkanes) is 1. The number of anilines is 1. The number of hydrogen-bond donors (Lipinski definition) is 0. The summed E-state index contributed by atoms with van der Waals surface area (Å²) in [5.41, 5.74) is 2.98. The maximum Gasteiger partial charge on any atom is 0.227 e. The Labute approximate surface area is 217 Å². The summed E-state index contributed by atoms with van der Waals surface area (Å²) in [5.74, 6) is 3.56. The number of carbonyl (C=O) groups excluding carboxylic acids is 1. The van der Waals surface area contributed by atoms with Crippen LogP contribution >= 0.6 is 0 Å². The number of aromatic nitrogens is 2. The minimum atomic E-state index is 0.0412. The molecule has 2 heterocycles. The maximum absolute atomic E-state index is 13.0. The summed E-state index contributed by atoms with van der Waals surface area (Å²) in [6, 6.07) is 23.6. The second-order valence-electron chi connectivity index (χ2n) is 9.18. The average Bonchev–Trinajstić information content (AvgIpc) is 3.49. The number of amides is 1. The van der Waals surface area contributed by atoms with E-state index in [0.29, 0.717) is 26.2 Å². The Bertz CT molecular complexity index is 1350. The van der Waals surface area contributed by atoms with Gasteiger partial charge in [-0.3, -0.25) is 4.79 Å². The van der Waals surface area contributed by atoms with Crippen molar-refractivity contribution in [1.82, 2.24) is 9.55 Å². The Morgan fingerprint density at radius 3 is 2.54 bits per heavy atom. The fraction of sp³-hybridized carbons (Fsp3) is 0.333. The molecule has 1 aromatic heterocycles. The molecule has 1 aliphatic heterocycles. The first-order valence-corrected chi connectivity index (χ1v) is 12.9. The fourth-order valence-electron chi connectivity index (χ4n) is 4.91. The molecule has 1 fully saturated rings. The Morgan fingerprint density at radius 1 is 0.919 bits per heavy atom. The number of hydrogen-bond acceptors (Lipinski definition) is 5. The van der Waals surface area contributed by atoms with Gasteiger partial charge in [-0.15, -0.1) is 0 Å². The molecule has 0 bridgehead atoms. The van der Waals surface area contributed by atoms with Gasteiger partial charge in [-0.05, 0) is 68.3 Å². The van der Waals surface area contributed by atoms with Crippen molar-refractivity contribution in [2.24, 2.45) is 0 Å². The van der Waals surface area contributed by atoms with Crippen LogP contribution in [0.2, 0.25) is 0 Å². The lowest BCUT2D eigenvalue weighted by Crippen LogP contribution is -2.24. The minimum Gasteiger partial charge on any atom is -0.497 e. The maximum atomic E-state index is 13.0. The number of benzene rings is 3. The van der Waals surface area contributed by atoms with Gasteiger partial charge in [0.25, 0.3) is 0 Å². The van der Waals surface area contributed by atoms with E-state index in [1.54, 1.807) is 7.11 Å². The van der Waals surface area contributed by atoms with E-state index in [0.717, 1.165) is 59.2 Å². The Morgan fingerprint density at radius 2 is 1.73 bits per heavy atom. The fourth-order valence-corrected chi connectivity index (χ4v) is 4.91. The summed E-state index contributed by atoms with van der Waals surface area (Å²) in [5, 5.41) is 0. The normalized spacial score (nSPS) is 15.4. The minimum absolute atomic E-state index is 0.0412. The highest BCUT2D eigenvalue weighted by Gasteiger charge is 2.34. The number of fused-ring (bicyclic) bond motifs is 1. The van der Waals surface area contributed by atoms with Gasteiger partial charge in [0, 0.05) is 37.2 Å². The van der Waals surface area contributed by atoms with Gasteiger partial charge in [0.2, 0.25) is 5.91 Å². The number of imidazole rings is 1. The van der Waals surface area contributed by atoms with Gasteiger partial charge in [-0.1, -0.05) is 18.2 Å². The standard InChI is InChI=1S/C30H33N3O4/c1-3-36-24-15-13-23(14-16-24)33-21-22(19-29(33)34)30-31-27-11-4-5-12-28(27)32(30)17-6-7-18-37-26-10-8-9-25(20-26)35-2/h4-5,8-16,20,22H,3,6-7,17-19,21H2,1-2H3. The number of carbonyl (C=O) groups is 1. The molecule has 192 valence electrons. The van der Waals surface area contributed by atoms with Gasteiger partial charge >= 0.3 is 0 Å².